The van der Waals surface area contributed by atoms with E-state index in [1.54, 1.807) is 0 Å². The van der Waals surface area contributed by atoms with Gasteiger partial charge in [0.2, 0.25) is 5.91 Å². The number of nitrogens with one attached hydrogen (secondary N) is 1. The van der Waals surface area contributed by atoms with Crippen LogP contribution in [0.1, 0.15) is 26.3 Å². The van der Waals surface area contributed by atoms with Gasteiger partial charge in [0.1, 0.15) is 0 Å². The Labute approximate surface area is 114 Å². The smallest absolute Gasteiger partial charge is 0.238 e. The summed E-state index contributed by atoms with van der Waals surface area (Å²) in [4.78, 5) is 14.1. The van der Waals surface area contributed by atoms with Crippen molar-refractivity contribution in [1.82, 2.24) is 5.43 Å². The number of hydrazine groups is 1. The minimum atomic E-state index is -0.136. The third-order valence-corrected chi connectivity index (χ3v) is 4.15. The molecule has 1 heterocycles. The Morgan fingerprint density at radius 3 is 2.79 bits per heavy atom. The molecular formula is C15H23N3O. The Bertz CT molecular complexity index is 460. The summed E-state index contributed by atoms with van der Waals surface area (Å²) in [6.07, 6.45) is 1.11. The molecule has 3 atom stereocenters. The molecule has 0 aliphatic carbocycles. The lowest BCUT2D eigenvalue weighted by molar-refractivity contribution is -0.125. The fraction of sp³-hybridized carbons (Fsp3) is 0.533. The monoisotopic (exact) mass is 261 g/mol. The Kier molecular flexibility index (Phi) is 4.10. The van der Waals surface area contributed by atoms with Gasteiger partial charge in [-0.05, 0) is 30.9 Å². The highest BCUT2D eigenvalue weighted by atomic mass is 16.2. The fourth-order valence-electron chi connectivity index (χ4n) is 2.84. The van der Waals surface area contributed by atoms with Crippen LogP contribution in [-0.4, -0.2) is 18.5 Å². The van der Waals surface area contributed by atoms with Gasteiger partial charge in [0.15, 0.2) is 0 Å². The normalized spacial score (nSPS) is 21.5. The number of hydrogen-bond donors (Lipinski definition) is 2. The zero-order chi connectivity index (χ0) is 14.0. The SMILES string of the molecule is CC1Cc2ccccc2N(C(C)C(C)C(=O)NN)C1. The summed E-state index contributed by atoms with van der Waals surface area (Å²) >= 11 is 0. The Balaban J connectivity index is 2.27. The highest BCUT2D eigenvalue weighted by Gasteiger charge is 2.30. The van der Waals surface area contributed by atoms with Crippen LogP contribution in [-0.2, 0) is 11.2 Å². The first-order chi connectivity index (χ1) is 9.04. The molecule has 0 saturated carbocycles. The number of amides is 1. The molecule has 104 valence electrons. The van der Waals surface area contributed by atoms with Crippen LogP contribution in [0.3, 0.4) is 0 Å². The molecule has 3 unspecified atom stereocenters. The topological polar surface area (TPSA) is 58.4 Å². The Hall–Kier alpha value is -1.55. The van der Waals surface area contributed by atoms with E-state index < -0.39 is 0 Å². The summed E-state index contributed by atoms with van der Waals surface area (Å²) in [5.74, 6) is 5.60. The molecule has 1 aromatic carbocycles. The molecule has 1 aliphatic rings. The first-order valence-electron chi connectivity index (χ1n) is 6.89. The Morgan fingerprint density at radius 1 is 1.42 bits per heavy atom. The van der Waals surface area contributed by atoms with E-state index in [4.69, 9.17) is 5.84 Å². The second-order valence-electron chi connectivity index (χ2n) is 5.63. The van der Waals surface area contributed by atoms with Crippen molar-refractivity contribution in [3.63, 3.8) is 0 Å². The number of nitrogens with two attached hydrogens (primary N) is 1. The molecule has 1 aromatic rings. The van der Waals surface area contributed by atoms with Gasteiger partial charge in [0.05, 0.1) is 5.92 Å². The van der Waals surface area contributed by atoms with Crippen molar-refractivity contribution >= 4 is 11.6 Å². The van der Waals surface area contributed by atoms with E-state index in [1.165, 1.54) is 11.3 Å². The van der Waals surface area contributed by atoms with Crippen molar-refractivity contribution in [3.8, 4) is 0 Å². The van der Waals surface area contributed by atoms with Gasteiger partial charge < -0.3 is 4.90 Å². The van der Waals surface area contributed by atoms with Gasteiger partial charge >= 0.3 is 0 Å². The van der Waals surface area contributed by atoms with Gasteiger partial charge in [-0.25, -0.2) is 5.84 Å². The molecule has 4 nitrogen and oxygen atoms in total. The van der Waals surface area contributed by atoms with Crippen LogP contribution in [0.15, 0.2) is 24.3 Å². The maximum atomic E-state index is 11.7. The van der Waals surface area contributed by atoms with E-state index in [0.29, 0.717) is 5.92 Å². The van der Waals surface area contributed by atoms with Crippen LogP contribution >= 0.6 is 0 Å². The highest BCUT2D eigenvalue weighted by molar-refractivity contribution is 5.79. The van der Waals surface area contributed by atoms with E-state index in [9.17, 15) is 4.79 Å². The fourth-order valence-corrected chi connectivity index (χ4v) is 2.84. The van der Waals surface area contributed by atoms with Crippen LogP contribution in [0.5, 0.6) is 0 Å². The van der Waals surface area contributed by atoms with E-state index in [0.717, 1.165) is 13.0 Å². The number of carbonyl (C=O) groups is 1. The van der Waals surface area contributed by atoms with E-state index in [-0.39, 0.29) is 17.9 Å². The van der Waals surface area contributed by atoms with E-state index in [2.05, 4.69) is 48.4 Å². The average molecular weight is 261 g/mol. The van der Waals surface area contributed by atoms with E-state index in [1.807, 2.05) is 6.92 Å². The van der Waals surface area contributed by atoms with Crippen molar-refractivity contribution in [2.45, 2.75) is 33.2 Å². The van der Waals surface area contributed by atoms with Crippen molar-refractivity contribution in [1.29, 1.82) is 0 Å². The van der Waals surface area contributed by atoms with Gasteiger partial charge in [-0.15, -0.1) is 0 Å². The molecular weight excluding hydrogens is 238 g/mol. The largest absolute Gasteiger partial charge is 0.368 e. The van der Waals surface area contributed by atoms with Crippen molar-refractivity contribution < 1.29 is 4.79 Å². The van der Waals surface area contributed by atoms with Crippen LogP contribution in [0.2, 0.25) is 0 Å². The molecule has 0 spiro atoms. The lowest BCUT2D eigenvalue weighted by Crippen LogP contribution is -2.49. The van der Waals surface area contributed by atoms with E-state index >= 15 is 0 Å². The lowest BCUT2D eigenvalue weighted by atomic mass is 9.90. The number of anilines is 1. The number of carbonyl (C=O) groups excluding carboxylic acids is 1. The average Bonchev–Trinajstić information content (AvgIpc) is 2.43. The molecule has 0 saturated heterocycles. The number of rotatable bonds is 3. The number of nitrogens with zero attached hydrogens (tertiary/aromatic N) is 1. The van der Waals surface area contributed by atoms with Gasteiger partial charge in [-0.2, -0.15) is 0 Å². The van der Waals surface area contributed by atoms with Gasteiger partial charge in [0.25, 0.3) is 0 Å². The molecule has 1 amide bonds. The standard InChI is InChI=1S/C15H23N3O/c1-10-8-13-6-4-5-7-14(13)18(9-10)12(3)11(2)15(19)17-16/h4-7,10-12H,8-9,16H2,1-3H3,(H,17,19). The van der Waals surface area contributed by atoms with Crippen LogP contribution in [0.4, 0.5) is 5.69 Å². The van der Waals surface area contributed by atoms with Crippen molar-refractivity contribution in [2.75, 3.05) is 11.4 Å². The number of benzene rings is 1. The van der Waals surface area contributed by atoms with Crippen LogP contribution in [0, 0.1) is 11.8 Å². The van der Waals surface area contributed by atoms with Crippen LogP contribution < -0.4 is 16.2 Å². The molecule has 1 aliphatic heterocycles. The number of fused-ring (bicyclic) bond motifs is 1. The van der Waals surface area contributed by atoms with Crippen LogP contribution in [0.25, 0.3) is 0 Å². The number of para-hydroxylation sites is 1. The van der Waals surface area contributed by atoms with Gasteiger partial charge in [0, 0.05) is 18.3 Å². The maximum Gasteiger partial charge on any atom is 0.238 e. The zero-order valence-corrected chi connectivity index (χ0v) is 11.9. The lowest BCUT2D eigenvalue weighted by Gasteiger charge is -2.40. The highest BCUT2D eigenvalue weighted by Crippen LogP contribution is 2.32. The minimum Gasteiger partial charge on any atom is -0.368 e. The zero-order valence-electron chi connectivity index (χ0n) is 11.9. The second-order valence-corrected chi connectivity index (χ2v) is 5.63. The molecule has 0 fully saturated rings. The first-order valence-corrected chi connectivity index (χ1v) is 6.89. The second kappa shape index (κ2) is 5.61. The molecule has 0 radical (unpaired) electrons. The minimum absolute atomic E-state index is 0.108. The summed E-state index contributed by atoms with van der Waals surface area (Å²) in [5.41, 5.74) is 4.88. The van der Waals surface area contributed by atoms with Gasteiger partial charge in [-0.1, -0.05) is 32.0 Å². The summed E-state index contributed by atoms with van der Waals surface area (Å²) in [5, 5.41) is 0. The Morgan fingerprint density at radius 2 is 2.11 bits per heavy atom. The summed E-state index contributed by atoms with van der Waals surface area (Å²) in [6.45, 7) is 7.26. The predicted octanol–water partition coefficient (Wildman–Crippen LogP) is 1.70. The maximum absolute atomic E-state index is 11.7. The summed E-state index contributed by atoms with van der Waals surface area (Å²) in [6, 6.07) is 8.59. The summed E-state index contributed by atoms with van der Waals surface area (Å²) < 4.78 is 0. The molecule has 3 N–H and O–H groups in total. The third-order valence-electron chi connectivity index (χ3n) is 4.15. The quantitative estimate of drug-likeness (QED) is 0.494. The molecule has 0 aromatic heterocycles. The molecule has 4 heteroatoms. The molecule has 0 bridgehead atoms. The number of hydrogen-bond acceptors (Lipinski definition) is 3. The van der Waals surface area contributed by atoms with Crippen molar-refractivity contribution in [2.24, 2.45) is 17.7 Å². The van der Waals surface area contributed by atoms with Crippen molar-refractivity contribution in [3.05, 3.63) is 29.8 Å². The first kappa shape index (κ1) is 13.9. The summed E-state index contributed by atoms with van der Waals surface area (Å²) in [7, 11) is 0. The predicted molar refractivity (Wildman–Crippen MR) is 77.6 cm³/mol. The molecule has 2 rings (SSSR count). The van der Waals surface area contributed by atoms with Gasteiger partial charge in [-0.3, -0.25) is 10.2 Å². The molecule has 19 heavy (non-hydrogen) atoms. The third kappa shape index (κ3) is 2.73.